The van der Waals surface area contributed by atoms with Gasteiger partial charge in [0.15, 0.2) is 19.8 Å². The highest BCUT2D eigenvalue weighted by atomic mass is 28.3. The summed E-state index contributed by atoms with van der Waals surface area (Å²) in [6.07, 6.45) is -1.23. The molecule has 1 saturated carbocycles. The summed E-state index contributed by atoms with van der Waals surface area (Å²) in [5.74, 6) is -0.864. The molecular formula is C24H30O5Si. The van der Waals surface area contributed by atoms with Crippen molar-refractivity contribution in [3.63, 3.8) is 0 Å². The summed E-state index contributed by atoms with van der Waals surface area (Å²) >= 11 is 0. The van der Waals surface area contributed by atoms with Crippen LogP contribution in [0.3, 0.4) is 0 Å². The molecule has 5 nitrogen and oxygen atoms in total. The number of esters is 1. The SMILES string of the molecule is CC1(C)[C@]2(O)C(=O)O[C@H](C(O)[Si](c3ccccc3)(c3ccccc3)C(C)(C)C)[C@]12O. The number of fused-ring (bicyclic) bond motifs is 1. The van der Waals surface area contributed by atoms with E-state index >= 15 is 0 Å². The molecule has 1 aliphatic heterocycles. The van der Waals surface area contributed by atoms with Crippen LogP contribution in [-0.4, -0.2) is 52.4 Å². The van der Waals surface area contributed by atoms with Crippen LogP contribution in [0.25, 0.3) is 0 Å². The quantitative estimate of drug-likeness (QED) is 0.508. The second-order valence-electron chi connectivity index (χ2n) is 10.2. The van der Waals surface area contributed by atoms with Crippen LogP contribution in [-0.2, 0) is 9.53 Å². The van der Waals surface area contributed by atoms with E-state index in [0.29, 0.717) is 0 Å². The Labute approximate surface area is 178 Å². The Kier molecular flexibility index (Phi) is 4.44. The highest BCUT2D eigenvalue weighted by molar-refractivity contribution is 7.05. The molecule has 1 unspecified atom stereocenters. The zero-order valence-corrected chi connectivity index (χ0v) is 19.1. The predicted octanol–water partition coefficient (Wildman–Crippen LogP) is 1.38. The molecular weight excluding hydrogens is 396 g/mol. The fourth-order valence-corrected chi connectivity index (χ4v) is 11.7. The number of benzene rings is 2. The molecule has 30 heavy (non-hydrogen) atoms. The Morgan fingerprint density at radius 3 is 1.70 bits per heavy atom. The van der Waals surface area contributed by atoms with E-state index in [1.54, 1.807) is 13.8 Å². The molecule has 2 aromatic carbocycles. The smallest absolute Gasteiger partial charge is 0.342 e. The van der Waals surface area contributed by atoms with Gasteiger partial charge >= 0.3 is 5.97 Å². The number of aliphatic hydroxyl groups excluding tert-OH is 1. The summed E-state index contributed by atoms with van der Waals surface area (Å²) in [5.41, 5.74) is -6.13. The van der Waals surface area contributed by atoms with Crippen LogP contribution in [0.15, 0.2) is 60.7 Å². The highest BCUT2D eigenvalue weighted by Crippen LogP contribution is 2.71. The summed E-state index contributed by atoms with van der Waals surface area (Å²) in [6, 6.07) is 19.6. The van der Waals surface area contributed by atoms with Crippen molar-refractivity contribution in [1.29, 1.82) is 0 Å². The number of carbonyl (C=O) groups excluding carboxylic acids is 1. The third-order valence-corrected chi connectivity index (χ3v) is 13.7. The first kappa shape index (κ1) is 21.2. The molecule has 4 atom stereocenters. The molecule has 0 bridgehead atoms. The van der Waals surface area contributed by atoms with E-state index in [4.69, 9.17) is 4.74 Å². The van der Waals surface area contributed by atoms with Crippen molar-refractivity contribution in [2.45, 2.75) is 62.7 Å². The first-order valence-corrected chi connectivity index (χ1v) is 12.4. The molecule has 0 radical (unpaired) electrons. The van der Waals surface area contributed by atoms with Gasteiger partial charge in [0.25, 0.3) is 0 Å². The third-order valence-electron chi connectivity index (χ3n) is 7.66. The molecule has 1 aliphatic carbocycles. The number of hydrogen-bond donors (Lipinski definition) is 3. The molecule has 6 heteroatoms. The summed E-state index contributed by atoms with van der Waals surface area (Å²) in [6.45, 7) is 9.51. The van der Waals surface area contributed by atoms with Gasteiger partial charge in [0.2, 0.25) is 5.60 Å². The second-order valence-corrected chi connectivity index (χ2v) is 15.0. The van der Waals surface area contributed by atoms with E-state index in [2.05, 4.69) is 20.8 Å². The van der Waals surface area contributed by atoms with Crippen molar-refractivity contribution < 1.29 is 24.9 Å². The number of cyclic esters (lactones) is 1. The molecule has 160 valence electrons. The first-order chi connectivity index (χ1) is 13.9. The fourth-order valence-electron chi connectivity index (χ4n) is 5.86. The zero-order chi connectivity index (χ0) is 22.2. The lowest BCUT2D eigenvalue weighted by Gasteiger charge is -2.49. The molecule has 3 N–H and O–H groups in total. The normalized spacial score (nSPS) is 31.1. The van der Waals surface area contributed by atoms with Gasteiger partial charge in [-0.1, -0.05) is 106 Å². The number of rotatable bonds is 4. The molecule has 1 heterocycles. The van der Waals surface area contributed by atoms with Gasteiger partial charge in [0.05, 0.1) is 5.73 Å². The predicted molar refractivity (Wildman–Crippen MR) is 117 cm³/mol. The summed E-state index contributed by atoms with van der Waals surface area (Å²) in [7, 11) is -3.10. The van der Waals surface area contributed by atoms with Gasteiger partial charge in [-0.25, -0.2) is 4.79 Å². The van der Waals surface area contributed by atoms with Crippen molar-refractivity contribution >= 4 is 24.4 Å². The van der Waals surface area contributed by atoms with E-state index in [0.717, 1.165) is 10.4 Å². The van der Waals surface area contributed by atoms with Gasteiger partial charge in [-0.2, -0.15) is 0 Å². The van der Waals surface area contributed by atoms with Gasteiger partial charge in [0.1, 0.15) is 0 Å². The van der Waals surface area contributed by atoms with E-state index < -0.39 is 47.5 Å². The van der Waals surface area contributed by atoms with Crippen molar-refractivity contribution in [1.82, 2.24) is 0 Å². The Hall–Kier alpha value is -1.99. The van der Waals surface area contributed by atoms with Gasteiger partial charge in [-0.3, -0.25) is 0 Å². The molecule has 2 aliphatic rings. The van der Waals surface area contributed by atoms with Crippen molar-refractivity contribution in [3.8, 4) is 0 Å². The van der Waals surface area contributed by atoms with Crippen molar-refractivity contribution in [2.24, 2.45) is 5.41 Å². The molecule has 1 saturated heterocycles. The number of aliphatic hydroxyl groups is 3. The summed E-state index contributed by atoms with van der Waals surface area (Å²) in [4.78, 5) is 12.6. The number of hydrogen-bond acceptors (Lipinski definition) is 5. The fraction of sp³-hybridized carbons (Fsp3) is 0.458. The monoisotopic (exact) mass is 426 g/mol. The molecule has 4 rings (SSSR count). The van der Waals surface area contributed by atoms with E-state index in [9.17, 15) is 20.1 Å². The minimum absolute atomic E-state index is 0.405. The lowest BCUT2D eigenvalue weighted by atomic mass is 10.0. The average Bonchev–Trinajstić information content (AvgIpc) is 2.93. The number of carbonyl (C=O) groups is 1. The van der Waals surface area contributed by atoms with E-state index in [-0.39, 0.29) is 0 Å². The minimum Gasteiger partial charge on any atom is -0.454 e. The van der Waals surface area contributed by atoms with Crippen LogP contribution in [0.4, 0.5) is 0 Å². The van der Waals surface area contributed by atoms with Gasteiger partial charge in [-0.15, -0.1) is 0 Å². The van der Waals surface area contributed by atoms with Gasteiger partial charge in [-0.05, 0) is 5.04 Å². The largest absolute Gasteiger partial charge is 0.454 e. The number of ether oxygens (including phenoxy) is 1. The van der Waals surface area contributed by atoms with Crippen LogP contribution in [0.2, 0.25) is 5.04 Å². The molecule has 0 spiro atoms. The van der Waals surface area contributed by atoms with Gasteiger partial charge < -0.3 is 20.1 Å². The lowest BCUT2D eigenvalue weighted by molar-refractivity contribution is -0.161. The Morgan fingerprint density at radius 1 is 0.933 bits per heavy atom. The maximum Gasteiger partial charge on any atom is 0.342 e. The maximum absolute atomic E-state index is 12.6. The topological polar surface area (TPSA) is 87.0 Å². The van der Waals surface area contributed by atoms with E-state index in [1.807, 2.05) is 60.7 Å². The standard InChI is InChI=1S/C24H30O5Si/c1-21(2,3)30(16-12-8-6-9-13-16,17-14-10-7-11-15-17)19(25)18-23(27)22(4,5)24(23,28)20(26)29-18/h6-15,18-19,25,27-28H,1-5H3/t18-,19?,23+,24-/m1/s1. The Bertz CT molecular complexity index is 929. The van der Waals surface area contributed by atoms with Crippen molar-refractivity contribution in [2.75, 3.05) is 0 Å². The molecule has 0 amide bonds. The third kappa shape index (κ3) is 2.20. The first-order valence-electron chi connectivity index (χ1n) is 10.3. The van der Waals surface area contributed by atoms with Crippen LogP contribution in [0.1, 0.15) is 34.6 Å². The van der Waals surface area contributed by atoms with Crippen LogP contribution >= 0.6 is 0 Å². The van der Waals surface area contributed by atoms with Crippen LogP contribution < -0.4 is 10.4 Å². The van der Waals surface area contributed by atoms with Gasteiger partial charge in [0, 0.05) is 5.41 Å². The lowest BCUT2D eigenvalue weighted by Crippen LogP contribution is -2.75. The maximum atomic E-state index is 12.6. The summed E-state index contributed by atoms with van der Waals surface area (Å²) < 4.78 is 5.52. The van der Waals surface area contributed by atoms with E-state index in [1.165, 1.54) is 0 Å². The Balaban J connectivity index is 1.97. The Morgan fingerprint density at radius 2 is 1.37 bits per heavy atom. The average molecular weight is 427 g/mol. The minimum atomic E-state index is -3.10. The molecule has 2 fully saturated rings. The van der Waals surface area contributed by atoms with Crippen LogP contribution in [0, 0.1) is 5.41 Å². The highest BCUT2D eigenvalue weighted by Gasteiger charge is 2.95. The van der Waals surface area contributed by atoms with Crippen LogP contribution in [0.5, 0.6) is 0 Å². The zero-order valence-electron chi connectivity index (χ0n) is 18.1. The second kappa shape index (κ2) is 6.26. The summed E-state index contributed by atoms with van der Waals surface area (Å²) in [5, 5.41) is 36.0. The van der Waals surface area contributed by atoms with Crippen molar-refractivity contribution in [3.05, 3.63) is 60.7 Å². The molecule has 2 aromatic rings. The molecule has 0 aromatic heterocycles.